The summed E-state index contributed by atoms with van der Waals surface area (Å²) in [5.74, 6) is 1.09. The highest BCUT2D eigenvalue weighted by Gasteiger charge is 2.24. The molecule has 1 atom stereocenters. The third-order valence-electron chi connectivity index (χ3n) is 4.99. The van der Waals surface area contributed by atoms with Gasteiger partial charge in [-0.2, -0.15) is 0 Å². The van der Waals surface area contributed by atoms with Crippen molar-refractivity contribution in [3.8, 4) is 5.75 Å². The first kappa shape index (κ1) is 20.9. The van der Waals surface area contributed by atoms with Crippen LogP contribution in [0, 0.1) is 6.92 Å². The van der Waals surface area contributed by atoms with Crippen LogP contribution >= 0.6 is 11.8 Å². The Bertz CT molecular complexity index is 804. The number of allylic oxidation sites excluding steroid dienone is 1. The maximum absolute atomic E-state index is 10.4. The van der Waals surface area contributed by atoms with E-state index in [1.54, 1.807) is 24.9 Å². The number of hydrogen-bond donors (Lipinski definition) is 2. The SMILES string of the molecule is C/C=C1/SC(=NC2CCCN(C)C2)NC1=NCc1c(O)cc(C)cc1COC. The average Bonchev–Trinajstić information content (AvgIpc) is 3.03. The number of likely N-dealkylation sites (tertiary alicyclic amines) is 1. The maximum Gasteiger partial charge on any atom is 0.167 e. The van der Waals surface area contributed by atoms with Gasteiger partial charge in [0.25, 0.3) is 0 Å². The molecule has 7 heteroatoms. The Hall–Kier alpha value is -1.83. The molecule has 2 fully saturated rings. The van der Waals surface area contributed by atoms with Gasteiger partial charge in [-0.25, -0.2) is 0 Å². The Labute approximate surface area is 171 Å². The van der Waals surface area contributed by atoms with E-state index in [1.165, 1.54) is 6.42 Å². The lowest BCUT2D eigenvalue weighted by Crippen LogP contribution is -2.35. The molecule has 2 aliphatic heterocycles. The van der Waals surface area contributed by atoms with E-state index in [1.807, 2.05) is 19.9 Å². The molecule has 6 nitrogen and oxygen atoms in total. The number of methoxy groups -OCH3 is 1. The second-order valence-corrected chi connectivity index (χ2v) is 8.42. The Balaban J connectivity index is 1.77. The summed E-state index contributed by atoms with van der Waals surface area (Å²) < 4.78 is 5.29. The predicted molar refractivity (Wildman–Crippen MR) is 117 cm³/mol. The summed E-state index contributed by atoms with van der Waals surface area (Å²) in [7, 11) is 3.81. The second kappa shape index (κ2) is 9.58. The van der Waals surface area contributed by atoms with Crippen molar-refractivity contribution in [3.05, 3.63) is 39.8 Å². The number of piperidine rings is 1. The number of rotatable bonds is 5. The van der Waals surface area contributed by atoms with E-state index in [0.717, 1.165) is 52.1 Å². The van der Waals surface area contributed by atoms with Crippen LogP contribution in [0.2, 0.25) is 0 Å². The van der Waals surface area contributed by atoms with Gasteiger partial charge >= 0.3 is 0 Å². The summed E-state index contributed by atoms with van der Waals surface area (Å²) in [5, 5.41) is 14.7. The number of amidine groups is 2. The first-order chi connectivity index (χ1) is 13.5. The summed E-state index contributed by atoms with van der Waals surface area (Å²) in [5.41, 5.74) is 2.79. The number of likely N-dealkylation sites (N-methyl/N-ethyl adjacent to an activating group) is 1. The van der Waals surface area contributed by atoms with E-state index < -0.39 is 0 Å². The highest BCUT2D eigenvalue weighted by atomic mass is 32.2. The molecule has 1 aromatic carbocycles. The van der Waals surface area contributed by atoms with Gasteiger partial charge < -0.3 is 20.1 Å². The molecule has 2 aliphatic rings. The van der Waals surface area contributed by atoms with Crippen LogP contribution in [0.25, 0.3) is 0 Å². The number of aliphatic imine (C=N–C) groups is 2. The lowest BCUT2D eigenvalue weighted by atomic mass is 10.0. The molecule has 152 valence electrons. The predicted octanol–water partition coefficient (Wildman–Crippen LogP) is 3.44. The summed E-state index contributed by atoms with van der Waals surface area (Å²) in [4.78, 5) is 13.1. The van der Waals surface area contributed by atoms with Crippen LogP contribution < -0.4 is 5.32 Å². The van der Waals surface area contributed by atoms with Crippen LogP contribution in [-0.4, -0.2) is 54.3 Å². The highest BCUT2D eigenvalue weighted by Crippen LogP contribution is 2.28. The quantitative estimate of drug-likeness (QED) is 0.790. The molecule has 0 aromatic heterocycles. The Morgan fingerprint density at radius 2 is 2.25 bits per heavy atom. The average molecular weight is 403 g/mol. The lowest BCUT2D eigenvalue weighted by Gasteiger charge is -2.27. The Kier molecular flexibility index (Phi) is 7.15. The van der Waals surface area contributed by atoms with Gasteiger partial charge in [0.1, 0.15) is 11.6 Å². The van der Waals surface area contributed by atoms with Gasteiger partial charge in [0, 0.05) is 19.2 Å². The van der Waals surface area contributed by atoms with E-state index >= 15 is 0 Å². The topological polar surface area (TPSA) is 69.5 Å². The smallest absolute Gasteiger partial charge is 0.167 e. The third-order valence-corrected chi connectivity index (χ3v) is 6.03. The molecule has 2 N–H and O–H groups in total. The molecule has 0 saturated carbocycles. The van der Waals surface area contributed by atoms with E-state index in [-0.39, 0.29) is 5.75 Å². The van der Waals surface area contributed by atoms with Crippen molar-refractivity contribution < 1.29 is 9.84 Å². The Morgan fingerprint density at radius 3 is 2.96 bits per heavy atom. The third kappa shape index (κ3) is 5.16. The molecule has 0 spiro atoms. The van der Waals surface area contributed by atoms with Crippen molar-refractivity contribution in [1.82, 2.24) is 10.2 Å². The molecule has 0 amide bonds. The number of nitrogens with one attached hydrogen (secondary N) is 1. The highest BCUT2D eigenvalue weighted by molar-refractivity contribution is 8.18. The largest absolute Gasteiger partial charge is 0.508 e. The number of ether oxygens (including phenoxy) is 1. The maximum atomic E-state index is 10.4. The van der Waals surface area contributed by atoms with Gasteiger partial charge in [0.2, 0.25) is 0 Å². The van der Waals surface area contributed by atoms with Crippen molar-refractivity contribution in [1.29, 1.82) is 0 Å². The van der Waals surface area contributed by atoms with Gasteiger partial charge in [-0.15, -0.1) is 0 Å². The molecule has 28 heavy (non-hydrogen) atoms. The number of phenols is 1. The van der Waals surface area contributed by atoms with Crippen molar-refractivity contribution in [2.24, 2.45) is 9.98 Å². The monoisotopic (exact) mass is 402 g/mol. The Morgan fingerprint density at radius 1 is 1.43 bits per heavy atom. The standard InChI is InChI=1S/C21H30N4O2S/c1-5-19-20(24-21(28-19)23-16-7-6-8-25(3)12-16)22-11-17-15(13-27-4)9-14(2)10-18(17)26/h5,9-10,16,26H,6-8,11-13H2,1-4H3,(H,22,23,24)/b19-5+. The molecule has 0 bridgehead atoms. The van der Waals surface area contributed by atoms with E-state index in [0.29, 0.717) is 19.2 Å². The fourth-order valence-corrected chi connectivity index (χ4v) is 4.51. The number of aryl methyl sites for hydroxylation is 1. The van der Waals surface area contributed by atoms with E-state index in [4.69, 9.17) is 14.7 Å². The fraction of sp³-hybridized carbons (Fsp3) is 0.524. The zero-order valence-corrected chi connectivity index (χ0v) is 18.0. The first-order valence-electron chi connectivity index (χ1n) is 9.72. The lowest BCUT2D eigenvalue weighted by molar-refractivity contribution is 0.183. The molecule has 1 unspecified atom stereocenters. The fourth-order valence-electron chi connectivity index (χ4n) is 3.62. The zero-order valence-electron chi connectivity index (χ0n) is 17.2. The number of aromatic hydroxyl groups is 1. The van der Waals surface area contributed by atoms with E-state index in [9.17, 15) is 5.11 Å². The number of phenolic OH excluding ortho intramolecular Hbond substituents is 1. The summed E-state index contributed by atoms with van der Waals surface area (Å²) in [6, 6.07) is 4.15. The minimum Gasteiger partial charge on any atom is -0.508 e. The minimum atomic E-state index is 0.267. The molecule has 0 radical (unpaired) electrons. The van der Waals surface area contributed by atoms with Gasteiger partial charge in [0.15, 0.2) is 5.17 Å². The molecule has 0 aliphatic carbocycles. The summed E-state index contributed by atoms with van der Waals surface area (Å²) in [6.45, 7) is 6.98. The van der Waals surface area contributed by atoms with Crippen LogP contribution in [0.4, 0.5) is 0 Å². The van der Waals surface area contributed by atoms with Crippen molar-refractivity contribution in [3.63, 3.8) is 0 Å². The van der Waals surface area contributed by atoms with Crippen LogP contribution in [-0.2, 0) is 17.9 Å². The van der Waals surface area contributed by atoms with Crippen molar-refractivity contribution >= 4 is 22.8 Å². The number of nitrogens with zero attached hydrogens (tertiary/aromatic N) is 3. The number of hydrogen-bond acceptors (Lipinski definition) is 6. The molecule has 2 heterocycles. The van der Waals surface area contributed by atoms with Crippen LogP contribution in [0.3, 0.4) is 0 Å². The molecule has 2 saturated heterocycles. The van der Waals surface area contributed by atoms with Gasteiger partial charge in [-0.05, 0) is 69.2 Å². The second-order valence-electron chi connectivity index (χ2n) is 7.39. The molecular weight excluding hydrogens is 372 g/mol. The van der Waals surface area contributed by atoms with Gasteiger partial charge in [-0.3, -0.25) is 9.98 Å². The molecule has 3 rings (SSSR count). The van der Waals surface area contributed by atoms with Crippen LogP contribution in [0.5, 0.6) is 5.75 Å². The summed E-state index contributed by atoms with van der Waals surface area (Å²) >= 11 is 1.63. The van der Waals surface area contributed by atoms with Crippen molar-refractivity contribution in [2.75, 3.05) is 27.2 Å². The van der Waals surface area contributed by atoms with Gasteiger partial charge in [-0.1, -0.05) is 12.1 Å². The first-order valence-corrected chi connectivity index (χ1v) is 10.5. The van der Waals surface area contributed by atoms with Gasteiger partial charge in [0.05, 0.1) is 24.1 Å². The number of benzene rings is 1. The van der Waals surface area contributed by atoms with E-state index in [2.05, 4.69) is 23.3 Å². The van der Waals surface area contributed by atoms with Crippen LogP contribution in [0.1, 0.15) is 36.5 Å². The summed E-state index contributed by atoms with van der Waals surface area (Å²) in [6.07, 6.45) is 4.37. The zero-order chi connectivity index (χ0) is 20.1. The normalized spacial score (nSPS) is 25.0. The van der Waals surface area contributed by atoms with Crippen molar-refractivity contribution in [2.45, 2.75) is 45.9 Å². The molecular formula is C21H30N4O2S. The molecule has 1 aromatic rings. The minimum absolute atomic E-state index is 0.267. The van der Waals surface area contributed by atoms with Crippen LogP contribution in [0.15, 0.2) is 33.1 Å². The number of thioether (sulfide) groups is 1.